The van der Waals surface area contributed by atoms with Gasteiger partial charge in [-0.05, 0) is 23.9 Å². The summed E-state index contributed by atoms with van der Waals surface area (Å²) < 4.78 is 2.18. The van der Waals surface area contributed by atoms with Gasteiger partial charge in [-0.2, -0.15) is 0 Å². The van der Waals surface area contributed by atoms with Gasteiger partial charge in [-0.1, -0.05) is 48.2 Å². The van der Waals surface area contributed by atoms with Crippen LogP contribution in [0.3, 0.4) is 0 Å². The Bertz CT molecular complexity index is 979. The van der Waals surface area contributed by atoms with E-state index in [1.54, 1.807) is 10.6 Å². The molecule has 2 aromatic heterocycles. The third-order valence-corrected chi connectivity index (χ3v) is 5.72. The minimum Gasteiger partial charge on any atom is -0.349 e. The third-order valence-electron chi connectivity index (χ3n) is 3.85. The Morgan fingerprint density at radius 3 is 2.88 bits per heavy atom. The molecule has 0 saturated heterocycles. The topological polar surface area (TPSA) is 64.0 Å². The highest BCUT2D eigenvalue weighted by Gasteiger charge is 2.14. The Hall–Kier alpha value is -2.38. The monoisotopic (exact) mass is 385 g/mol. The standard InChI is InChI=1S/C19H19N3O2S2/c1-3-10-22-18(24)17-15(9-11-25-17)21-19(22)26-12-16(23)20-13(2)14-7-5-4-6-8-14/h3-9,11,13H,1,10,12H2,2H3,(H,20,23). The van der Waals surface area contributed by atoms with E-state index in [0.717, 1.165) is 5.56 Å². The summed E-state index contributed by atoms with van der Waals surface area (Å²) >= 11 is 2.64. The van der Waals surface area contributed by atoms with Crippen LogP contribution in [0, 0.1) is 0 Å². The van der Waals surface area contributed by atoms with Crippen LogP contribution >= 0.6 is 23.1 Å². The zero-order chi connectivity index (χ0) is 18.5. The second-order valence-electron chi connectivity index (χ2n) is 5.72. The lowest BCUT2D eigenvalue weighted by atomic mass is 10.1. The zero-order valence-electron chi connectivity index (χ0n) is 14.3. The van der Waals surface area contributed by atoms with Crippen molar-refractivity contribution in [1.82, 2.24) is 14.9 Å². The van der Waals surface area contributed by atoms with Crippen LogP contribution < -0.4 is 10.9 Å². The number of hydrogen-bond acceptors (Lipinski definition) is 5. The molecule has 7 heteroatoms. The fourth-order valence-corrected chi connectivity index (χ4v) is 4.16. The molecule has 0 aliphatic heterocycles. The first-order valence-electron chi connectivity index (χ1n) is 8.16. The number of hydrogen-bond donors (Lipinski definition) is 1. The van der Waals surface area contributed by atoms with Crippen molar-refractivity contribution in [2.75, 3.05) is 5.75 Å². The van der Waals surface area contributed by atoms with Crippen LogP contribution in [0.4, 0.5) is 0 Å². The van der Waals surface area contributed by atoms with Crippen LogP contribution in [0.2, 0.25) is 0 Å². The molecule has 1 unspecified atom stereocenters. The number of rotatable bonds is 7. The molecule has 134 valence electrons. The molecule has 5 nitrogen and oxygen atoms in total. The van der Waals surface area contributed by atoms with Crippen LogP contribution in [0.15, 0.2) is 64.4 Å². The molecule has 1 aromatic carbocycles. The Morgan fingerprint density at radius 2 is 2.15 bits per heavy atom. The molecule has 26 heavy (non-hydrogen) atoms. The predicted octanol–water partition coefficient (Wildman–Crippen LogP) is 3.61. The van der Waals surface area contributed by atoms with Crippen molar-refractivity contribution in [3.05, 3.63) is 70.4 Å². The first-order valence-corrected chi connectivity index (χ1v) is 10.0. The average Bonchev–Trinajstić information content (AvgIpc) is 3.12. The number of aromatic nitrogens is 2. The van der Waals surface area contributed by atoms with Gasteiger partial charge in [0.15, 0.2) is 5.16 Å². The maximum atomic E-state index is 12.6. The highest BCUT2D eigenvalue weighted by atomic mass is 32.2. The SMILES string of the molecule is C=CCn1c(SCC(=O)NC(C)c2ccccc2)nc2ccsc2c1=O. The summed E-state index contributed by atoms with van der Waals surface area (Å²) in [5, 5.41) is 5.35. The molecule has 0 bridgehead atoms. The molecule has 1 N–H and O–H groups in total. The third kappa shape index (κ3) is 4.05. The number of thioether (sulfide) groups is 1. The van der Waals surface area contributed by atoms with E-state index in [-0.39, 0.29) is 23.3 Å². The molecule has 0 fully saturated rings. The Morgan fingerprint density at radius 1 is 1.38 bits per heavy atom. The highest BCUT2D eigenvalue weighted by Crippen LogP contribution is 2.21. The van der Waals surface area contributed by atoms with Gasteiger partial charge < -0.3 is 5.32 Å². The second kappa shape index (κ2) is 8.33. The molecule has 0 saturated carbocycles. The molecular weight excluding hydrogens is 366 g/mol. The van der Waals surface area contributed by atoms with E-state index < -0.39 is 0 Å². The summed E-state index contributed by atoms with van der Waals surface area (Å²) in [5.41, 5.74) is 1.62. The van der Waals surface area contributed by atoms with Crippen molar-refractivity contribution in [3.63, 3.8) is 0 Å². The lowest BCUT2D eigenvalue weighted by molar-refractivity contribution is -0.119. The number of benzene rings is 1. The highest BCUT2D eigenvalue weighted by molar-refractivity contribution is 7.99. The van der Waals surface area contributed by atoms with Crippen LogP contribution in [0.5, 0.6) is 0 Å². The fourth-order valence-electron chi connectivity index (χ4n) is 2.56. The van der Waals surface area contributed by atoms with Crippen molar-refractivity contribution in [3.8, 4) is 0 Å². The predicted molar refractivity (Wildman–Crippen MR) is 108 cm³/mol. The van der Waals surface area contributed by atoms with E-state index >= 15 is 0 Å². The van der Waals surface area contributed by atoms with Gasteiger partial charge >= 0.3 is 0 Å². The molecule has 0 aliphatic carbocycles. The molecule has 1 amide bonds. The van der Waals surface area contributed by atoms with Crippen molar-refractivity contribution >= 4 is 39.2 Å². The summed E-state index contributed by atoms with van der Waals surface area (Å²) in [7, 11) is 0. The van der Waals surface area contributed by atoms with E-state index in [1.165, 1.54) is 23.1 Å². The van der Waals surface area contributed by atoms with Gasteiger partial charge in [0.1, 0.15) is 4.70 Å². The van der Waals surface area contributed by atoms with Crippen molar-refractivity contribution in [2.24, 2.45) is 0 Å². The van der Waals surface area contributed by atoms with E-state index in [4.69, 9.17) is 0 Å². The maximum absolute atomic E-state index is 12.6. The number of carbonyl (C=O) groups is 1. The molecule has 0 radical (unpaired) electrons. The number of nitrogens with zero attached hydrogens (tertiary/aromatic N) is 2. The van der Waals surface area contributed by atoms with Gasteiger partial charge in [-0.25, -0.2) is 4.98 Å². The number of nitrogens with one attached hydrogen (secondary N) is 1. The van der Waals surface area contributed by atoms with Gasteiger partial charge in [0.05, 0.1) is 17.3 Å². The second-order valence-corrected chi connectivity index (χ2v) is 7.58. The molecule has 3 rings (SSSR count). The maximum Gasteiger partial charge on any atom is 0.272 e. The number of amides is 1. The molecule has 3 aromatic rings. The number of carbonyl (C=O) groups excluding carboxylic acids is 1. The Kier molecular flexibility index (Phi) is 5.90. The van der Waals surface area contributed by atoms with Gasteiger partial charge in [0.25, 0.3) is 5.56 Å². The summed E-state index contributed by atoms with van der Waals surface area (Å²) in [6.45, 7) is 6.01. The largest absolute Gasteiger partial charge is 0.349 e. The van der Waals surface area contributed by atoms with Crippen LogP contribution in [-0.2, 0) is 11.3 Å². The molecule has 0 aliphatic rings. The number of allylic oxidation sites excluding steroid dienone is 1. The summed E-state index contributed by atoms with van der Waals surface area (Å²) in [6.07, 6.45) is 1.66. The first kappa shape index (κ1) is 18.4. The minimum atomic E-state index is -0.101. The first-order chi connectivity index (χ1) is 12.6. The summed E-state index contributed by atoms with van der Waals surface area (Å²) in [4.78, 5) is 29.4. The van der Waals surface area contributed by atoms with Crippen molar-refractivity contribution < 1.29 is 4.79 Å². The summed E-state index contributed by atoms with van der Waals surface area (Å²) in [6, 6.07) is 11.5. The van der Waals surface area contributed by atoms with E-state index in [0.29, 0.717) is 21.9 Å². The van der Waals surface area contributed by atoms with Gasteiger partial charge in [0, 0.05) is 6.54 Å². The minimum absolute atomic E-state index is 0.0769. The summed E-state index contributed by atoms with van der Waals surface area (Å²) in [5.74, 6) is 0.0901. The number of thiophene rings is 1. The zero-order valence-corrected chi connectivity index (χ0v) is 16.0. The van der Waals surface area contributed by atoms with Crippen LogP contribution in [0.1, 0.15) is 18.5 Å². The Labute approximate surface area is 159 Å². The van der Waals surface area contributed by atoms with Gasteiger partial charge in [-0.3, -0.25) is 14.2 Å². The van der Waals surface area contributed by atoms with Crippen LogP contribution in [-0.4, -0.2) is 21.2 Å². The smallest absolute Gasteiger partial charge is 0.272 e. The van der Waals surface area contributed by atoms with Crippen molar-refractivity contribution in [1.29, 1.82) is 0 Å². The fraction of sp³-hybridized carbons (Fsp3) is 0.211. The molecule has 1 atom stereocenters. The lowest BCUT2D eigenvalue weighted by Gasteiger charge is -2.14. The van der Waals surface area contributed by atoms with E-state index in [9.17, 15) is 9.59 Å². The lowest BCUT2D eigenvalue weighted by Crippen LogP contribution is -2.29. The average molecular weight is 386 g/mol. The molecule has 0 spiro atoms. The van der Waals surface area contributed by atoms with Crippen LogP contribution in [0.25, 0.3) is 10.2 Å². The van der Waals surface area contributed by atoms with E-state index in [2.05, 4.69) is 16.9 Å². The van der Waals surface area contributed by atoms with Gasteiger partial charge in [0.2, 0.25) is 5.91 Å². The van der Waals surface area contributed by atoms with E-state index in [1.807, 2.05) is 48.7 Å². The normalized spacial score (nSPS) is 12.0. The van der Waals surface area contributed by atoms with Crippen molar-refractivity contribution in [2.45, 2.75) is 24.7 Å². The number of fused-ring (bicyclic) bond motifs is 1. The Balaban J connectivity index is 1.72. The van der Waals surface area contributed by atoms with Gasteiger partial charge in [-0.15, -0.1) is 17.9 Å². The molecular formula is C19H19N3O2S2. The molecule has 2 heterocycles. The quantitative estimate of drug-likeness (QED) is 0.383.